The molecule has 2 heterocycles. The maximum Gasteiger partial charge on any atom is 0.323 e. The number of fused-ring (bicyclic) bond motifs is 2. The van der Waals surface area contributed by atoms with E-state index in [1.165, 1.54) is 6.33 Å². The van der Waals surface area contributed by atoms with Crippen LogP contribution in [0.2, 0.25) is 0 Å². The quantitative estimate of drug-likeness (QED) is 0.366. The van der Waals surface area contributed by atoms with E-state index in [0.717, 1.165) is 11.1 Å². The number of aromatic nitrogens is 2. The summed E-state index contributed by atoms with van der Waals surface area (Å²) in [5.74, 6) is 3.10. The minimum Gasteiger partial charge on any atom is -0.497 e. The first-order valence-electron chi connectivity index (χ1n) is 10.8. The molecule has 3 N–H and O–H groups in total. The molecule has 0 atom stereocenters. The molecular formula is C25H23N5O5. The van der Waals surface area contributed by atoms with Crippen molar-refractivity contribution < 1.29 is 23.7 Å². The van der Waals surface area contributed by atoms with Crippen molar-refractivity contribution in [1.82, 2.24) is 9.97 Å². The van der Waals surface area contributed by atoms with Crippen LogP contribution in [0.5, 0.6) is 23.0 Å². The van der Waals surface area contributed by atoms with Gasteiger partial charge in [-0.15, -0.1) is 0 Å². The molecule has 1 aliphatic rings. The van der Waals surface area contributed by atoms with Gasteiger partial charge in [0.05, 0.1) is 25.4 Å². The Morgan fingerprint density at radius 3 is 2.40 bits per heavy atom. The zero-order valence-corrected chi connectivity index (χ0v) is 19.1. The maximum atomic E-state index is 12.7. The smallest absolute Gasteiger partial charge is 0.323 e. The highest BCUT2D eigenvalue weighted by molar-refractivity contribution is 6.07. The summed E-state index contributed by atoms with van der Waals surface area (Å²) in [5, 5.41) is 9.68. The van der Waals surface area contributed by atoms with Gasteiger partial charge in [0.15, 0.2) is 11.5 Å². The van der Waals surface area contributed by atoms with Crippen LogP contribution in [0.3, 0.4) is 0 Å². The monoisotopic (exact) mass is 473 g/mol. The van der Waals surface area contributed by atoms with Crippen molar-refractivity contribution in [3.05, 3.63) is 60.9 Å². The number of hydrogen-bond acceptors (Lipinski definition) is 8. The van der Waals surface area contributed by atoms with Gasteiger partial charge in [0.2, 0.25) is 0 Å². The Balaban J connectivity index is 1.37. The van der Waals surface area contributed by atoms with Crippen LogP contribution in [0.1, 0.15) is 0 Å². The van der Waals surface area contributed by atoms with Crippen LogP contribution in [-0.4, -0.2) is 43.4 Å². The highest BCUT2D eigenvalue weighted by atomic mass is 16.6. The van der Waals surface area contributed by atoms with Gasteiger partial charge in [-0.25, -0.2) is 14.8 Å². The average Bonchev–Trinajstić information content (AvgIpc) is 2.89. The average molecular weight is 473 g/mol. The highest BCUT2D eigenvalue weighted by Gasteiger charge is 2.14. The van der Waals surface area contributed by atoms with Crippen molar-refractivity contribution in [2.24, 2.45) is 0 Å². The van der Waals surface area contributed by atoms with E-state index in [0.29, 0.717) is 58.9 Å². The first-order valence-corrected chi connectivity index (χ1v) is 10.8. The molecule has 35 heavy (non-hydrogen) atoms. The van der Waals surface area contributed by atoms with Gasteiger partial charge in [0.25, 0.3) is 0 Å². The summed E-state index contributed by atoms with van der Waals surface area (Å²) in [6.07, 6.45) is 1.44. The molecule has 0 fully saturated rings. The molecule has 0 saturated carbocycles. The number of nitrogens with one attached hydrogen (secondary N) is 3. The molecule has 0 spiro atoms. The number of nitrogens with zero attached hydrogens (tertiary/aromatic N) is 2. The van der Waals surface area contributed by atoms with Crippen LogP contribution >= 0.6 is 0 Å². The van der Waals surface area contributed by atoms with E-state index in [4.69, 9.17) is 18.9 Å². The van der Waals surface area contributed by atoms with Crippen molar-refractivity contribution in [1.29, 1.82) is 0 Å². The van der Waals surface area contributed by atoms with E-state index in [-0.39, 0.29) is 0 Å². The molecule has 10 nitrogen and oxygen atoms in total. The number of methoxy groups -OCH3 is 2. The molecule has 1 aliphatic heterocycles. The second kappa shape index (κ2) is 9.64. The van der Waals surface area contributed by atoms with Gasteiger partial charge in [0, 0.05) is 41.0 Å². The third kappa shape index (κ3) is 4.81. The fourth-order valence-electron chi connectivity index (χ4n) is 3.71. The molecule has 0 unspecified atom stereocenters. The molecule has 0 aliphatic carbocycles. The third-order valence-corrected chi connectivity index (χ3v) is 5.33. The van der Waals surface area contributed by atoms with E-state index in [2.05, 4.69) is 25.9 Å². The van der Waals surface area contributed by atoms with Crippen molar-refractivity contribution in [3.8, 4) is 23.0 Å². The third-order valence-electron chi connectivity index (χ3n) is 5.33. The normalized spacial score (nSPS) is 12.1. The minimum absolute atomic E-state index is 0.417. The van der Waals surface area contributed by atoms with E-state index < -0.39 is 6.03 Å². The van der Waals surface area contributed by atoms with Gasteiger partial charge in [-0.05, 0) is 24.3 Å². The Morgan fingerprint density at radius 1 is 0.857 bits per heavy atom. The molecule has 5 rings (SSSR count). The highest BCUT2D eigenvalue weighted by Crippen LogP contribution is 2.33. The Kier molecular flexibility index (Phi) is 6.08. The van der Waals surface area contributed by atoms with Gasteiger partial charge in [-0.2, -0.15) is 0 Å². The number of hydrogen-bond donors (Lipinski definition) is 3. The summed E-state index contributed by atoms with van der Waals surface area (Å²) in [5.41, 5.74) is 2.43. The fraction of sp³-hybridized carbons (Fsp3) is 0.160. The van der Waals surface area contributed by atoms with Crippen molar-refractivity contribution >= 4 is 39.8 Å². The number of amides is 2. The van der Waals surface area contributed by atoms with Crippen LogP contribution in [-0.2, 0) is 0 Å². The zero-order chi connectivity index (χ0) is 24.2. The van der Waals surface area contributed by atoms with Crippen molar-refractivity contribution in [3.63, 3.8) is 0 Å². The topological polar surface area (TPSA) is 116 Å². The largest absolute Gasteiger partial charge is 0.497 e. The number of carbonyl (C=O) groups excluding carboxylic acids is 1. The predicted octanol–water partition coefficient (Wildman–Crippen LogP) is 4.81. The van der Waals surface area contributed by atoms with Gasteiger partial charge in [0.1, 0.15) is 36.9 Å². The molecule has 1 aromatic heterocycles. The second-order valence-corrected chi connectivity index (χ2v) is 7.59. The van der Waals surface area contributed by atoms with Crippen LogP contribution in [0.15, 0.2) is 60.9 Å². The standard InChI is InChI=1S/C25H23N5O5/c1-32-17-10-16(11-18(13-17)33-2)28-24-19-4-3-5-20(23(19)26-14-27-24)30-25(31)29-15-6-7-21-22(12-15)35-9-8-34-21/h3-7,10-14H,8-9H2,1-2H3,(H,26,27,28)(H2,29,30,31). The summed E-state index contributed by atoms with van der Waals surface area (Å²) in [6.45, 7) is 0.975. The second-order valence-electron chi connectivity index (χ2n) is 7.59. The van der Waals surface area contributed by atoms with Gasteiger partial charge < -0.3 is 34.9 Å². The van der Waals surface area contributed by atoms with Crippen LogP contribution in [0, 0.1) is 0 Å². The van der Waals surface area contributed by atoms with Gasteiger partial charge in [-0.3, -0.25) is 0 Å². The van der Waals surface area contributed by atoms with Gasteiger partial charge in [-0.1, -0.05) is 6.07 Å². The lowest BCUT2D eigenvalue weighted by atomic mass is 10.2. The summed E-state index contributed by atoms with van der Waals surface area (Å²) in [4.78, 5) is 21.5. The molecule has 2 amide bonds. The number of rotatable bonds is 6. The summed E-state index contributed by atoms with van der Waals surface area (Å²) in [6, 6.07) is 15.7. The lowest BCUT2D eigenvalue weighted by molar-refractivity contribution is 0.171. The molecule has 4 aromatic rings. The van der Waals surface area contributed by atoms with E-state index >= 15 is 0 Å². The lowest BCUT2D eigenvalue weighted by Gasteiger charge is -2.19. The van der Waals surface area contributed by atoms with Crippen LogP contribution < -0.4 is 34.9 Å². The van der Waals surface area contributed by atoms with Crippen molar-refractivity contribution in [2.75, 3.05) is 43.4 Å². The number of ether oxygens (including phenoxy) is 4. The lowest BCUT2D eigenvalue weighted by Crippen LogP contribution is -2.20. The molecule has 0 bridgehead atoms. The van der Waals surface area contributed by atoms with Gasteiger partial charge >= 0.3 is 6.03 Å². The summed E-state index contributed by atoms with van der Waals surface area (Å²) in [7, 11) is 3.18. The van der Waals surface area contributed by atoms with Crippen LogP contribution in [0.4, 0.5) is 27.7 Å². The number of anilines is 4. The Bertz CT molecular complexity index is 1370. The maximum absolute atomic E-state index is 12.7. The molecule has 3 aromatic carbocycles. The first-order chi connectivity index (χ1) is 17.1. The minimum atomic E-state index is -0.417. The molecule has 10 heteroatoms. The van der Waals surface area contributed by atoms with E-state index in [1.807, 2.05) is 24.3 Å². The summed E-state index contributed by atoms with van der Waals surface area (Å²) < 4.78 is 21.8. The number of para-hydroxylation sites is 1. The van der Waals surface area contributed by atoms with E-state index in [1.54, 1.807) is 44.6 Å². The molecule has 178 valence electrons. The number of benzene rings is 3. The molecular weight excluding hydrogens is 450 g/mol. The number of carbonyl (C=O) groups is 1. The Morgan fingerprint density at radius 2 is 1.63 bits per heavy atom. The fourth-order valence-corrected chi connectivity index (χ4v) is 3.71. The van der Waals surface area contributed by atoms with E-state index in [9.17, 15) is 4.79 Å². The Hall–Kier alpha value is -4.73. The number of urea groups is 1. The SMILES string of the molecule is COc1cc(Nc2ncnc3c(NC(=O)Nc4ccc5c(c4)OCCO5)cccc23)cc(OC)c1. The predicted molar refractivity (Wildman–Crippen MR) is 132 cm³/mol. The molecule has 0 saturated heterocycles. The zero-order valence-electron chi connectivity index (χ0n) is 19.1. The Labute approximate surface area is 201 Å². The molecule has 0 radical (unpaired) electrons. The first kappa shape index (κ1) is 22.1. The van der Waals surface area contributed by atoms with Crippen LogP contribution in [0.25, 0.3) is 10.9 Å². The summed E-state index contributed by atoms with van der Waals surface area (Å²) >= 11 is 0. The van der Waals surface area contributed by atoms with Crippen molar-refractivity contribution in [2.45, 2.75) is 0 Å².